The molecular formula is C13H21BrNO4P. The minimum atomic E-state index is -3.13. The topological polar surface area (TPSA) is 55.8 Å². The minimum Gasteiger partial charge on any atom is -0.468 e. The van der Waals surface area contributed by atoms with Crippen molar-refractivity contribution in [3.8, 4) is 0 Å². The van der Waals surface area contributed by atoms with Gasteiger partial charge in [-0.05, 0) is 43.6 Å². The summed E-state index contributed by atoms with van der Waals surface area (Å²) in [7, 11) is -0.292. The second-order valence-corrected chi connectivity index (χ2v) is 7.83. The Hall–Kier alpha value is -0.840. The highest BCUT2D eigenvalue weighted by atomic mass is 79.9. The van der Waals surface area contributed by atoms with E-state index in [0.29, 0.717) is 5.76 Å². The van der Waals surface area contributed by atoms with Gasteiger partial charge >= 0.3 is 13.5 Å². The molecule has 0 bridgehead atoms. The number of esters is 1. The highest BCUT2D eigenvalue weighted by Gasteiger charge is 2.26. The second kappa shape index (κ2) is 9.16. The molecule has 0 heterocycles. The normalized spacial score (nSPS) is 16.4. The molecule has 20 heavy (non-hydrogen) atoms. The molecule has 1 unspecified atom stereocenters. The highest BCUT2D eigenvalue weighted by Crippen LogP contribution is 2.47. The Balaban J connectivity index is 5.01. The van der Waals surface area contributed by atoms with Crippen molar-refractivity contribution >= 4 is 29.4 Å². The zero-order valence-corrected chi connectivity index (χ0v) is 14.9. The number of halogens is 1. The predicted molar refractivity (Wildman–Crippen MR) is 84.8 cm³/mol. The number of ether oxygens (including phenoxy) is 1. The molecule has 0 spiro atoms. The molecule has 0 aromatic heterocycles. The summed E-state index contributed by atoms with van der Waals surface area (Å²) in [5.74, 6) is -0.0141. The zero-order chi connectivity index (χ0) is 15.8. The van der Waals surface area contributed by atoms with E-state index in [1.807, 2.05) is 13.8 Å². The fourth-order valence-corrected chi connectivity index (χ4v) is 2.28. The Morgan fingerprint density at radius 1 is 1.40 bits per heavy atom. The lowest BCUT2D eigenvalue weighted by Crippen LogP contribution is -2.24. The van der Waals surface area contributed by atoms with Crippen LogP contribution in [0.1, 0.15) is 13.8 Å². The van der Waals surface area contributed by atoms with Gasteiger partial charge in [0.25, 0.3) is 0 Å². The Bertz CT molecular complexity index is 467. The molecule has 1 atom stereocenters. The number of hydrogen-bond donors (Lipinski definition) is 0. The predicted octanol–water partition coefficient (Wildman–Crippen LogP) is 3.69. The van der Waals surface area contributed by atoms with Crippen molar-refractivity contribution in [2.45, 2.75) is 13.8 Å². The standard InChI is InChI=1S/C13H21BrNO4P/c1-6-7-12(9-8-11(2)14)19-20(5,17)15(3)10-13(16)18-4/h6-9H,10H2,1-5H3/b7-6-,11-8+,12-9+. The average molecular weight is 366 g/mol. The third-order valence-corrected chi connectivity index (χ3v) is 4.48. The first-order valence-corrected chi connectivity index (χ1v) is 8.77. The van der Waals surface area contributed by atoms with Gasteiger partial charge in [0, 0.05) is 6.66 Å². The lowest BCUT2D eigenvalue weighted by Gasteiger charge is -2.24. The Morgan fingerprint density at radius 3 is 2.45 bits per heavy atom. The van der Waals surface area contributed by atoms with Crippen LogP contribution in [-0.4, -0.2) is 38.0 Å². The van der Waals surface area contributed by atoms with E-state index in [4.69, 9.17) is 4.52 Å². The van der Waals surface area contributed by atoms with Gasteiger partial charge in [0.15, 0.2) is 0 Å². The molecule has 5 nitrogen and oxygen atoms in total. The summed E-state index contributed by atoms with van der Waals surface area (Å²) < 4.78 is 24.8. The molecule has 0 aromatic rings. The molecule has 7 heteroatoms. The van der Waals surface area contributed by atoms with E-state index < -0.39 is 13.5 Å². The maximum Gasteiger partial charge on any atom is 0.320 e. The fourth-order valence-electron chi connectivity index (χ4n) is 1.12. The molecule has 0 fully saturated rings. The van der Waals surface area contributed by atoms with Gasteiger partial charge in [-0.2, -0.15) is 0 Å². The number of hydrogen-bond acceptors (Lipinski definition) is 4. The first kappa shape index (κ1) is 19.2. The smallest absolute Gasteiger partial charge is 0.320 e. The second-order valence-electron chi connectivity index (χ2n) is 4.11. The number of likely N-dealkylation sites (N-methyl/N-ethyl adjacent to an activating group) is 1. The van der Waals surface area contributed by atoms with Gasteiger partial charge in [-0.25, -0.2) is 4.67 Å². The van der Waals surface area contributed by atoms with Crippen LogP contribution in [0.25, 0.3) is 0 Å². The van der Waals surface area contributed by atoms with Crippen molar-refractivity contribution in [3.05, 3.63) is 34.5 Å². The van der Waals surface area contributed by atoms with Crippen molar-refractivity contribution < 1.29 is 18.6 Å². The average Bonchev–Trinajstić information content (AvgIpc) is 2.35. The van der Waals surface area contributed by atoms with E-state index in [-0.39, 0.29) is 6.54 Å². The summed E-state index contributed by atoms with van der Waals surface area (Å²) in [5, 5.41) is 0. The first-order chi connectivity index (χ1) is 9.22. The number of allylic oxidation sites excluding steroid dienone is 5. The fraction of sp³-hybridized carbons (Fsp3) is 0.462. The third-order valence-electron chi connectivity index (χ3n) is 2.29. The Morgan fingerprint density at radius 2 is 2.00 bits per heavy atom. The summed E-state index contributed by atoms with van der Waals surface area (Å²) in [6, 6.07) is 0. The van der Waals surface area contributed by atoms with Crippen LogP contribution < -0.4 is 0 Å². The number of nitrogens with zero attached hydrogens (tertiary/aromatic N) is 1. The maximum absolute atomic E-state index is 12.5. The molecule has 0 aliphatic carbocycles. The van der Waals surface area contributed by atoms with E-state index >= 15 is 0 Å². The molecule has 0 N–H and O–H groups in total. The van der Waals surface area contributed by atoms with Crippen molar-refractivity contribution in [3.63, 3.8) is 0 Å². The third kappa shape index (κ3) is 7.68. The summed E-state index contributed by atoms with van der Waals surface area (Å²) in [5.41, 5.74) is 0. The number of carbonyl (C=O) groups excluding carboxylic acids is 1. The number of carbonyl (C=O) groups is 1. The van der Waals surface area contributed by atoms with Gasteiger partial charge in [0.2, 0.25) is 0 Å². The van der Waals surface area contributed by atoms with Gasteiger partial charge in [0.1, 0.15) is 12.3 Å². The lowest BCUT2D eigenvalue weighted by molar-refractivity contribution is -0.140. The van der Waals surface area contributed by atoms with E-state index in [0.717, 1.165) is 4.48 Å². The van der Waals surface area contributed by atoms with E-state index in [9.17, 15) is 9.36 Å². The zero-order valence-electron chi connectivity index (χ0n) is 12.4. The summed E-state index contributed by atoms with van der Waals surface area (Å²) in [4.78, 5) is 11.2. The van der Waals surface area contributed by atoms with Crippen LogP contribution >= 0.6 is 23.4 Å². The van der Waals surface area contributed by atoms with Gasteiger partial charge in [-0.15, -0.1) is 0 Å². The summed E-state index contributed by atoms with van der Waals surface area (Å²) in [6.45, 7) is 5.07. The van der Waals surface area contributed by atoms with Crippen LogP contribution in [0.3, 0.4) is 0 Å². The number of rotatable bonds is 7. The van der Waals surface area contributed by atoms with Crippen LogP contribution in [0.15, 0.2) is 34.5 Å². The van der Waals surface area contributed by atoms with Crippen molar-refractivity contribution in [2.24, 2.45) is 0 Å². The number of methoxy groups -OCH3 is 1. The van der Waals surface area contributed by atoms with E-state index in [2.05, 4.69) is 20.7 Å². The summed E-state index contributed by atoms with van der Waals surface area (Å²) >= 11 is 3.30. The van der Waals surface area contributed by atoms with E-state index in [1.54, 1.807) is 31.4 Å². The van der Waals surface area contributed by atoms with E-state index in [1.165, 1.54) is 18.4 Å². The van der Waals surface area contributed by atoms with Gasteiger partial charge in [-0.1, -0.05) is 22.0 Å². The highest BCUT2D eigenvalue weighted by molar-refractivity contribution is 9.11. The van der Waals surface area contributed by atoms with Gasteiger partial charge < -0.3 is 9.26 Å². The van der Waals surface area contributed by atoms with Crippen molar-refractivity contribution in [2.75, 3.05) is 27.4 Å². The molecule has 0 rings (SSSR count). The summed E-state index contributed by atoms with van der Waals surface area (Å²) in [6.07, 6.45) is 6.97. The van der Waals surface area contributed by atoms with Crippen molar-refractivity contribution in [1.29, 1.82) is 0 Å². The maximum atomic E-state index is 12.5. The largest absolute Gasteiger partial charge is 0.468 e. The molecular weight excluding hydrogens is 345 g/mol. The Labute approximate surface area is 128 Å². The van der Waals surface area contributed by atoms with Crippen LogP contribution in [0.5, 0.6) is 0 Å². The molecule has 0 saturated heterocycles. The molecule has 0 amide bonds. The monoisotopic (exact) mass is 365 g/mol. The van der Waals surface area contributed by atoms with Crippen LogP contribution in [0.4, 0.5) is 0 Å². The molecule has 0 aliphatic heterocycles. The van der Waals surface area contributed by atoms with Gasteiger partial charge in [0.05, 0.1) is 7.11 Å². The SMILES string of the molecule is C\C=C/C(=C\C=C(/C)Br)OP(C)(=O)N(C)CC(=O)OC. The Kier molecular flexibility index (Phi) is 8.78. The van der Waals surface area contributed by atoms with Crippen LogP contribution in [-0.2, 0) is 18.6 Å². The minimum absolute atomic E-state index is 0.0965. The molecule has 0 saturated carbocycles. The quantitative estimate of drug-likeness (QED) is 0.298. The molecule has 0 radical (unpaired) electrons. The van der Waals surface area contributed by atoms with Crippen molar-refractivity contribution in [1.82, 2.24) is 4.67 Å². The lowest BCUT2D eigenvalue weighted by atomic mass is 10.4. The van der Waals surface area contributed by atoms with Crippen LogP contribution in [0, 0.1) is 0 Å². The first-order valence-electron chi connectivity index (χ1n) is 5.95. The molecule has 0 aliphatic rings. The van der Waals surface area contributed by atoms with Crippen LogP contribution in [0.2, 0.25) is 0 Å². The van der Waals surface area contributed by atoms with Gasteiger partial charge in [-0.3, -0.25) is 9.36 Å². The molecule has 114 valence electrons. The molecule has 0 aromatic carbocycles.